The maximum absolute atomic E-state index is 12.3. The van der Waals surface area contributed by atoms with Gasteiger partial charge in [-0.1, -0.05) is 12.5 Å². The molecule has 2 aromatic heterocycles. The van der Waals surface area contributed by atoms with Crippen LogP contribution in [0.3, 0.4) is 0 Å². The number of carbonyl (C=O) groups excluding carboxylic acids is 1. The summed E-state index contributed by atoms with van der Waals surface area (Å²) < 4.78 is 2.00. The molecule has 0 spiro atoms. The lowest BCUT2D eigenvalue weighted by molar-refractivity contribution is -0.126. The molecule has 1 fully saturated rings. The maximum Gasteiger partial charge on any atom is 0.223 e. The SMILES string of the molecule is Cc1ccc2nc(CNC(=O)[C@@H]3CCC[C@@H]3CN)cn2c1.Cl.Cl. The number of hydrogen-bond donors (Lipinski definition) is 2. The summed E-state index contributed by atoms with van der Waals surface area (Å²) in [5.74, 6) is 0.541. The number of rotatable bonds is 4. The minimum atomic E-state index is 0. The number of pyridine rings is 1. The molecule has 1 aliphatic rings. The molecule has 2 atom stereocenters. The molecule has 128 valence electrons. The van der Waals surface area contributed by atoms with Gasteiger partial charge >= 0.3 is 0 Å². The third-order valence-corrected chi connectivity index (χ3v) is 4.39. The van der Waals surface area contributed by atoms with Crippen LogP contribution in [-0.2, 0) is 11.3 Å². The molecule has 2 aromatic rings. The van der Waals surface area contributed by atoms with Crippen molar-refractivity contribution < 1.29 is 4.79 Å². The molecule has 1 saturated carbocycles. The summed E-state index contributed by atoms with van der Waals surface area (Å²) in [5, 5.41) is 3.01. The van der Waals surface area contributed by atoms with Crippen molar-refractivity contribution in [3.8, 4) is 0 Å². The predicted molar refractivity (Wildman–Crippen MR) is 96.2 cm³/mol. The van der Waals surface area contributed by atoms with E-state index in [1.165, 1.54) is 5.56 Å². The van der Waals surface area contributed by atoms with Gasteiger partial charge < -0.3 is 15.5 Å². The second-order valence-electron chi connectivity index (χ2n) is 5.96. The quantitative estimate of drug-likeness (QED) is 0.881. The summed E-state index contributed by atoms with van der Waals surface area (Å²) in [4.78, 5) is 16.8. The number of nitrogens with two attached hydrogens (primary N) is 1. The van der Waals surface area contributed by atoms with Gasteiger partial charge in [0.15, 0.2) is 0 Å². The molecule has 0 radical (unpaired) electrons. The summed E-state index contributed by atoms with van der Waals surface area (Å²) in [6.07, 6.45) is 7.14. The van der Waals surface area contributed by atoms with E-state index in [2.05, 4.69) is 10.3 Å². The van der Waals surface area contributed by atoms with Crippen molar-refractivity contribution in [3.05, 3.63) is 35.8 Å². The summed E-state index contributed by atoms with van der Waals surface area (Å²) in [6, 6.07) is 4.02. The van der Waals surface area contributed by atoms with Gasteiger partial charge in [-0.2, -0.15) is 0 Å². The van der Waals surface area contributed by atoms with Crippen molar-refractivity contribution >= 4 is 36.4 Å². The largest absolute Gasteiger partial charge is 0.350 e. The second kappa shape index (κ2) is 8.52. The Bertz CT molecular complexity index is 659. The predicted octanol–water partition coefficient (Wildman–Crippen LogP) is 2.48. The van der Waals surface area contributed by atoms with E-state index < -0.39 is 0 Å². The summed E-state index contributed by atoms with van der Waals surface area (Å²) in [5.41, 5.74) is 8.72. The molecule has 1 aliphatic carbocycles. The van der Waals surface area contributed by atoms with Crippen LogP contribution < -0.4 is 11.1 Å². The lowest BCUT2D eigenvalue weighted by atomic mass is 9.95. The van der Waals surface area contributed by atoms with Gasteiger partial charge in [0.2, 0.25) is 5.91 Å². The number of fused-ring (bicyclic) bond motifs is 1. The van der Waals surface area contributed by atoms with Crippen molar-refractivity contribution in [2.45, 2.75) is 32.7 Å². The highest BCUT2D eigenvalue weighted by Gasteiger charge is 2.31. The zero-order valence-electron chi connectivity index (χ0n) is 13.2. The summed E-state index contributed by atoms with van der Waals surface area (Å²) >= 11 is 0. The Morgan fingerprint density at radius 3 is 2.87 bits per heavy atom. The van der Waals surface area contributed by atoms with E-state index in [0.29, 0.717) is 19.0 Å². The number of hydrogen-bond acceptors (Lipinski definition) is 3. The van der Waals surface area contributed by atoms with Crippen molar-refractivity contribution in [3.63, 3.8) is 0 Å². The van der Waals surface area contributed by atoms with Crippen LogP contribution in [0.5, 0.6) is 0 Å². The molecule has 3 rings (SSSR count). The van der Waals surface area contributed by atoms with Crippen LogP contribution in [0.4, 0.5) is 0 Å². The van der Waals surface area contributed by atoms with Crippen LogP contribution in [0.15, 0.2) is 24.5 Å². The topological polar surface area (TPSA) is 72.4 Å². The summed E-state index contributed by atoms with van der Waals surface area (Å²) in [6.45, 7) is 3.13. The first-order chi connectivity index (χ1) is 10.2. The average molecular weight is 359 g/mol. The number of imidazole rings is 1. The number of aryl methyl sites for hydroxylation is 1. The van der Waals surface area contributed by atoms with Crippen LogP contribution in [-0.4, -0.2) is 21.8 Å². The zero-order valence-corrected chi connectivity index (χ0v) is 14.8. The van der Waals surface area contributed by atoms with E-state index in [1.54, 1.807) is 0 Å². The number of halogens is 2. The molecule has 0 aromatic carbocycles. The van der Waals surface area contributed by atoms with Gasteiger partial charge in [0, 0.05) is 18.3 Å². The van der Waals surface area contributed by atoms with E-state index in [1.807, 2.05) is 35.9 Å². The first kappa shape index (κ1) is 19.7. The first-order valence-corrected chi connectivity index (χ1v) is 7.59. The minimum Gasteiger partial charge on any atom is -0.350 e. The van der Waals surface area contributed by atoms with Gasteiger partial charge in [-0.3, -0.25) is 4.79 Å². The Morgan fingerprint density at radius 1 is 1.35 bits per heavy atom. The molecule has 7 heteroatoms. The van der Waals surface area contributed by atoms with Crippen LogP contribution in [0, 0.1) is 18.8 Å². The monoisotopic (exact) mass is 358 g/mol. The average Bonchev–Trinajstić information content (AvgIpc) is 3.10. The van der Waals surface area contributed by atoms with Crippen LogP contribution in [0.2, 0.25) is 0 Å². The molecule has 0 aliphatic heterocycles. The third kappa shape index (κ3) is 4.37. The molecule has 3 N–H and O–H groups in total. The van der Waals surface area contributed by atoms with Crippen molar-refractivity contribution in [2.24, 2.45) is 17.6 Å². The van der Waals surface area contributed by atoms with Crippen molar-refractivity contribution in [1.82, 2.24) is 14.7 Å². The number of nitrogens with one attached hydrogen (secondary N) is 1. The molecular weight excluding hydrogens is 335 g/mol. The highest BCUT2D eigenvalue weighted by atomic mass is 35.5. The number of amides is 1. The molecule has 2 heterocycles. The van der Waals surface area contributed by atoms with Gasteiger partial charge in [0.05, 0.1) is 12.2 Å². The van der Waals surface area contributed by atoms with Crippen LogP contribution >= 0.6 is 24.8 Å². The normalized spacial score (nSPS) is 19.9. The smallest absolute Gasteiger partial charge is 0.223 e. The molecule has 1 amide bonds. The first-order valence-electron chi connectivity index (χ1n) is 7.59. The lowest BCUT2D eigenvalue weighted by Gasteiger charge is -2.16. The highest BCUT2D eigenvalue weighted by molar-refractivity contribution is 5.85. The van der Waals surface area contributed by atoms with E-state index in [0.717, 1.165) is 30.6 Å². The van der Waals surface area contributed by atoms with Gasteiger partial charge in [-0.05, 0) is 43.9 Å². The Hall–Kier alpha value is -1.30. The van der Waals surface area contributed by atoms with E-state index in [9.17, 15) is 4.79 Å². The minimum absolute atomic E-state index is 0. The Morgan fingerprint density at radius 2 is 2.13 bits per heavy atom. The third-order valence-electron chi connectivity index (χ3n) is 4.39. The molecule has 0 unspecified atom stereocenters. The fraction of sp³-hybridized carbons (Fsp3) is 0.500. The molecule has 5 nitrogen and oxygen atoms in total. The van der Waals surface area contributed by atoms with Crippen LogP contribution in [0.25, 0.3) is 5.65 Å². The van der Waals surface area contributed by atoms with E-state index in [-0.39, 0.29) is 36.6 Å². The fourth-order valence-corrected chi connectivity index (χ4v) is 3.21. The van der Waals surface area contributed by atoms with Gasteiger partial charge in [-0.25, -0.2) is 4.98 Å². The Balaban J connectivity index is 0.00000132. The number of carbonyl (C=O) groups is 1. The van der Waals surface area contributed by atoms with Gasteiger partial charge in [-0.15, -0.1) is 24.8 Å². The fourth-order valence-electron chi connectivity index (χ4n) is 3.21. The molecule has 23 heavy (non-hydrogen) atoms. The van der Waals surface area contributed by atoms with Crippen molar-refractivity contribution in [2.75, 3.05) is 6.54 Å². The second-order valence-corrected chi connectivity index (χ2v) is 5.96. The maximum atomic E-state index is 12.3. The molecule has 0 saturated heterocycles. The molecular formula is C16H24Cl2N4O. The van der Waals surface area contributed by atoms with Gasteiger partial charge in [0.1, 0.15) is 5.65 Å². The number of nitrogens with zero attached hydrogens (tertiary/aromatic N) is 2. The lowest BCUT2D eigenvalue weighted by Crippen LogP contribution is -2.34. The van der Waals surface area contributed by atoms with E-state index in [4.69, 9.17) is 5.73 Å². The molecule has 0 bridgehead atoms. The zero-order chi connectivity index (χ0) is 14.8. The van der Waals surface area contributed by atoms with Crippen molar-refractivity contribution in [1.29, 1.82) is 0 Å². The van der Waals surface area contributed by atoms with E-state index >= 15 is 0 Å². The van der Waals surface area contributed by atoms with Gasteiger partial charge in [0.25, 0.3) is 0 Å². The summed E-state index contributed by atoms with van der Waals surface area (Å²) in [7, 11) is 0. The number of aromatic nitrogens is 2. The standard InChI is InChI=1S/C16H22N4O.2ClH/c1-11-5-6-15-19-13(10-20(15)9-11)8-18-16(21)14-4-2-3-12(14)7-17;;/h5-6,9-10,12,14H,2-4,7-8,17H2,1H3,(H,18,21);2*1H/t12-,14-;;/m1../s1. The highest BCUT2D eigenvalue weighted by Crippen LogP contribution is 2.30. The Kier molecular flexibility index (Phi) is 7.32. The Labute approximate surface area is 148 Å². The van der Waals surface area contributed by atoms with Crippen LogP contribution in [0.1, 0.15) is 30.5 Å².